The highest BCUT2D eigenvalue weighted by molar-refractivity contribution is 5.44. The lowest BCUT2D eigenvalue weighted by atomic mass is 10.1. The first-order valence-electron chi connectivity index (χ1n) is 6.87. The molecule has 6 heteroatoms. The van der Waals surface area contributed by atoms with Crippen LogP contribution in [0.15, 0.2) is 12.1 Å². The number of rotatable bonds is 6. The van der Waals surface area contributed by atoms with Crippen molar-refractivity contribution >= 4 is 5.82 Å². The number of likely N-dealkylation sites (N-methyl/N-ethyl adjacent to an activating group) is 2. The summed E-state index contributed by atoms with van der Waals surface area (Å²) in [6.45, 7) is 3.41. The largest absolute Gasteiger partial charge is 0.390 e. The molecule has 1 aliphatic heterocycles. The van der Waals surface area contributed by atoms with Crippen LogP contribution in [0.2, 0.25) is 0 Å². The van der Waals surface area contributed by atoms with Gasteiger partial charge in [-0.3, -0.25) is 4.90 Å². The van der Waals surface area contributed by atoms with Crippen molar-refractivity contribution in [2.24, 2.45) is 0 Å². The Bertz CT molecular complexity index is 449. The van der Waals surface area contributed by atoms with Crippen molar-refractivity contribution in [1.82, 2.24) is 14.8 Å². The lowest BCUT2D eigenvalue weighted by Crippen LogP contribution is -2.59. The van der Waals surface area contributed by atoms with Gasteiger partial charge in [0.1, 0.15) is 0 Å². The summed E-state index contributed by atoms with van der Waals surface area (Å²) in [5, 5.41) is 9.07. The summed E-state index contributed by atoms with van der Waals surface area (Å²) in [4.78, 5) is 10.5. The third-order valence-electron chi connectivity index (χ3n) is 3.73. The lowest BCUT2D eigenvalue weighted by molar-refractivity contribution is 0.186. The normalized spacial score (nSPS) is 16.1. The number of halogens is 1. The van der Waals surface area contributed by atoms with Crippen LogP contribution in [0.3, 0.4) is 0 Å². The fraction of sp³-hybridized carbons (Fsp3) is 0.643. The summed E-state index contributed by atoms with van der Waals surface area (Å²) in [7, 11) is 6.21. The number of hydrogen-bond donors (Lipinski definition) is 1. The average molecular weight is 282 g/mol. The molecule has 0 amide bonds. The van der Waals surface area contributed by atoms with Crippen LogP contribution in [0.1, 0.15) is 5.69 Å². The smallest absolute Gasteiger partial charge is 0.165 e. The highest BCUT2D eigenvalue weighted by Crippen LogP contribution is 2.24. The summed E-state index contributed by atoms with van der Waals surface area (Å²) in [5.41, 5.74) is 0.505. The van der Waals surface area contributed by atoms with Crippen LogP contribution in [-0.4, -0.2) is 73.3 Å². The van der Waals surface area contributed by atoms with E-state index in [9.17, 15) is 4.39 Å². The molecule has 20 heavy (non-hydrogen) atoms. The summed E-state index contributed by atoms with van der Waals surface area (Å²) < 4.78 is 13.8. The molecule has 2 rings (SSSR count). The Labute approximate surface area is 119 Å². The van der Waals surface area contributed by atoms with Crippen molar-refractivity contribution in [3.05, 3.63) is 23.6 Å². The molecule has 1 saturated heterocycles. The number of anilines is 1. The Hall–Kier alpha value is -1.24. The predicted molar refractivity (Wildman–Crippen MR) is 77.3 cm³/mol. The van der Waals surface area contributed by atoms with Gasteiger partial charge in [0.25, 0.3) is 0 Å². The minimum atomic E-state index is -0.323. The predicted octanol–water partition coefficient (Wildman–Crippen LogP) is 0.395. The van der Waals surface area contributed by atoms with E-state index in [1.54, 1.807) is 0 Å². The van der Waals surface area contributed by atoms with Crippen molar-refractivity contribution < 1.29 is 9.50 Å². The molecule has 112 valence electrons. The lowest BCUT2D eigenvalue weighted by Gasteiger charge is -2.45. The molecular formula is C14H23FN4O. The molecule has 0 aromatic carbocycles. The topological polar surface area (TPSA) is 42.8 Å². The Morgan fingerprint density at radius 2 is 2.00 bits per heavy atom. The van der Waals surface area contributed by atoms with E-state index < -0.39 is 0 Å². The number of pyridine rings is 1. The minimum Gasteiger partial charge on any atom is -0.390 e. The molecule has 0 bridgehead atoms. The van der Waals surface area contributed by atoms with Crippen molar-refractivity contribution in [1.29, 1.82) is 0 Å². The molecule has 1 aliphatic rings. The summed E-state index contributed by atoms with van der Waals surface area (Å²) >= 11 is 0. The van der Waals surface area contributed by atoms with Crippen LogP contribution < -0.4 is 4.90 Å². The van der Waals surface area contributed by atoms with Crippen LogP contribution in [0.5, 0.6) is 0 Å². The molecule has 1 N–H and O–H groups in total. The zero-order valence-electron chi connectivity index (χ0n) is 12.4. The van der Waals surface area contributed by atoms with Crippen LogP contribution >= 0.6 is 0 Å². The van der Waals surface area contributed by atoms with Gasteiger partial charge in [-0.1, -0.05) is 0 Å². The van der Waals surface area contributed by atoms with Gasteiger partial charge in [0, 0.05) is 32.2 Å². The van der Waals surface area contributed by atoms with Gasteiger partial charge in [0.05, 0.1) is 12.3 Å². The van der Waals surface area contributed by atoms with E-state index in [2.05, 4.69) is 35.9 Å². The van der Waals surface area contributed by atoms with Crippen molar-refractivity contribution in [3.8, 4) is 0 Å². The molecule has 1 aromatic rings. The molecule has 0 aliphatic carbocycles. The average Bonchev–Trinajstić information content (AvgIpc) is 2.36. The van der Waals surface area contributed by atoms with Crippen molar-refractivity contribution in [2.45, 2.75) is 12.6 Å². The quantitative estimate of drug-likeness (QED) is 0.818. The standard InChI is InChI=1S/C14H23FN4O/c1-17(2)6-7-18(3)12-8-19(9-12)14-13(15)5-4-11(10-20)16-14/h4-5,12,20H,6-10H2,1-3H3. The molecule has 1 aromatic heterocycles. The van der Waals surface area contributed by atoms with Gasteiger partial charge in [-0.05, 0) is 33.3 Å². The monoisotopic (exact) mass is 282 g/mol. The first-order chi connectivity index (χ1) is 9.51. The van der Waals surface area contributed by atoms with E-state index in [0.29, 0.717) is 17.6 Å². The van der Waals surface area contributed by atoms with E-state index in [1.165, 1.54) is 12.1 Å². The number of nitrogens with zero attached hydrogens (tertiary/aromatic N) is 4. The number of hydrogen-bond acceptors (Lipinski definition) is 5. The molecule has 2 heterocycles. The van der Waals surface area contributed by atoms with Crippen molar-refractivity contribution in [2.75, 3.05) is 52.2 Å². The minimum absolute atomic E-state index is 0.159. The second-order valence-electron chi connectivity index (χ2n) is 5.61. The zero-order chi connectivity index (χ0) is 14.7. The first kappa shape index (κ1) is 15.2. The summed E-state index contributed by atoms with van der Waals surface area (Å²) in [6.07, 6.45) is 0. The maximum Gasteiger partial charge on any atom is 0.165 e. The zero-order valence-corrected chi connectivity index (χ0v) is 12.4. The Kier molecular flexibility index (Phi) is 4.91. The third-order valence-corrected chi connectivity index (χ3v) is 3.73. The SMILES string of the molecule is CN(C)CCN(C)C1CN(c2nc(CO)ccc2F)C1. The van der Waals surface area contributed by atoms with Gasteiger partial charge >= 0.3 is 0 Å². The molecule has 0 unspecified atom stereocenters. The molecule has 5 nitrogen and oxygen atoms in total. The van der Waals surface area contributed by atoms with E-state index in [0.717, 1.165) is 26.2 Å². The molecule has 0 spiro atoms. The highest BCUT2D eigenvalue weighted by atomic mass is 19.1. The Morgan fingerprint density at radius 1 is 1.30 bits per heavy atom. The van der Waals surface area contributed by atoms with Crippen molar-refractivity contribution in [3.63, 3.8) is 0 Å². The molecule has 0 atom stereocenters. The number of aliphatic hydroxyl groups is 1. The Morgan fingerprint density at radius 3 is 2.60 bits per heavy atom. The summed E-state index contributed by atoms with van der Waals surface area (Å²) in [6, 6.07) is 3.32. The van der Waals surface area contributed by atoms with Gasteiger partial charge in [0.2, 0.25) is 0 Å². The third kappa shape index (κ3) is 3.45. The second-order valence-corrected chi connectivity index (χ2v) is 5.61. The molecular weight excluding hydrogens is 259 g/mol. The maximum atomic E-state index is 13.8. The van der Waals surface area contributed by atoms with Gasteiger partial charge in [-0.15, -0.1) is 0 Å². The van der Waals surface area contributed by atoms with Crippen LogP contribution in [-0.2, 0) is 6.61 Å². The second kappa shape index (κ2) is 6.47. The first-order valence-corrected chi connectivity index (χ1v) is 6.87. The summed E-state index contributed by atoms with van der Waals surface area (Å²) in [5.74, 6) is 0.0328. The van der Waals surface area contributed by atoms with Crippen LogP contribution in [0.4, 0.5) is 10.2 Å². The fourth-order valence-corrected chi connectivity index (χ4v) is 2.23. The van der Waals surface area contributed by atoms with Crippen LogP contribution in [0, 0.1) is 5.82 Å². The van der Waals surface area contributed by atoms with E-state index in [4.69, 9.17) is 5.11 Å². The number of aromatic nitrogens is 1. The molecule has 1 fully saturated rings. The van der Waals surface area contributed by atoms with Gasteiger partial charge in [0.15, 0.2) is 11.6 Å². The Balaban J connectivity index is 1.89. The van der Waals surface area contributed by atoms with E-state index in [1.807, 2.05) is 4.90 Å². The molecule has 0 saturated carbocycles. The maximum absolute atomic E-state index is 13.8. The van der Waals surface area contributed by atoms with E-state index in [-0.39, 0.29) is 12.4 Å². The van der Waals surface area contributed by atoms with Gasteiger partial charge < -0.3 is 14.9 Å². The van der Waals surface area contributed by atoms with Gasteiger partial charge in [-0.2, -0.15) is 0 Å². The highest BCUT2D eigenvalue weighted by Gasteiger charge is 2.32. The number of aliphatic hydroxyl groups excluding tert-OH is 1. The van der Waals surface area contributed by atoms with Gasteiger partial charge in [-0.25, -0.2) is 9.37 Å². The van der Waals surface area contributed by atoms with Crippen LogP contribution in [0.25, 0.3) is 0 Å². The molecule has 0 radical (unpaired) electrons. The fourth-order valence-electron chi connectivity index (χ4n) is 2.23. The van der Waals surface area contributed by atoms with E-state index >= 15 is 0 Å².